The van der Waals surface area contributed by atoms with Crippen LogP contribution in [0.25, 0.3) is 0 Å². The van der Waals surface area contributed by atoms with Crippen molar-refractivity contribution in [3.8, 4) is 0 Å². The molecule has 0 aliphatic rings. The van der Waals surface area contributed by atoms with Gasteiger partial charge < -0.3 is 5.73 Å². The molecule has 0 spiro atoms. The Hall–Kier alpha value is -1.31. The first-order valence-corrected chi connectivity index (χ1v) is 4.80. The van der Waals surface area contributed by atoms with Crippen LogP contribution < -0.4 is 5.73 Å². The molecular formula is C12H18N2. The van der Waals surface area contributed by atoms with Crippen molar-refractivity contribution in [1.82, 2.24) is 0 Å². The first kappa shape index (κ1) is 10.8. The Morgan fingerprint density at radius 2 is 1.93 bits per heavy atom. The van der Waals surface area contributed by atoms with Crippen LogP contribution >= 0.6 is 0 Å². The number of benzene rings is 1. The topological polar surface area (TPSA) is 38.4 Å². The van der Waals surface area contributed by atoms with Crippen LogP contribution in [0.2, 0.25) is 0 Å². The molecule has 0 fully saturated rings. The number of nitrogens with two attached hydrogens (primary N) is 1. The number of aryl methyl sites for hydroxylation is 1. The van der Waals surface area contributed by atoms with Crippen molar-refractivity contribution in [2.75, 3.05) is 0 Å². The van der Waals surface area contributed by atoms with Gasteiger partial charge in [-0.1, -0.05) is 32.9 Å². The molecule has 0 aliphatic heterocycles. The lowest BCUT2D eigenvalue weighted by Gasteiger charge is -2.19. The monoisotopic (exact) mass is 190 g/mol. The summed E-state index contributed by atoms with van der Waals surface area (Å²) in [5.74, 6) is 0. The van der Waals surface area contributed by atoms with Crippen LogP contribution in [0.3, 0.4) is 0 Å². The van der Waals surface area contributed by atoms with Gasteiger partial charge in [0.1, 0.15) is 0 Å². The third-order valence-corrected chi connectivity index (χ3v) is 2.28. The Morgan fingerprint density at radius 1 is 1.29 bits per heavy atom. The van der Waals surface area contributed by atoms with Gasteiger partial charge in [-0.05, 0) is 29.5 Å². The normalized spacial score (nSPS) is 12.3. The lowest BCUT2D eigenvalue weighted by Crippen LogP contribution is -2.10. The molecule has 0 aliphatic carbocycles. The largest absolute Gasteiger partial charge is 0.390 e. The Morgan fingerprint density at radius 3 is 2.36 bits per heavy atom. The van der Waals surface area contributed by atoms with Crippen molar-refractivity contribution in [3.05, 3.63) is 29.3 Å². The predicted molar refractivity (Wildman–Crippen MR) is 62.2 cm³/mol. The standard InChI is InChI=1S/C12H18N2/c1-9-7-10(12(2,3)4)5-6-11(9)14-8-13/h5-8H,1-4H3,(H2,13,14). The van der Waals surface area contributed by atoms with E-state index in [1.54, 1.807) is 0 Å². The molecule has 0 unspecified atom stereocenters. The van der Waals surface area contributed by atoms with Crippen molar-refractivity contribution in [2.45, 2.75) is 33.1 Å². The van der Waals surface area contributed by atoms with Gasteiger partial charge in [0.05, 0.1) is 12.0 Å². The van der Waals surface area contributed by atoms with Crippen LogP contribution in [-0.2, 0) is 5.41 Å². The van der Waals surface area contributed by atoms with E-state index < -0.39 is 0 Å². The minimum atomic E-state index is 0.190. The second-order valence-corrected chi connectivity index (χ2v) is 4.53. The van der Waals surface area contributed by atoms with Crippen LogP contribution in [0.1, 0.15) is 31.9 Å². The lowest BCUT2D eigenvalue weighted by atomic mass is 9.86. The van der Waals surface area contributed by atoms with E-state index in [9.17, 15) is 0 Å². The summed E-state index contributed by atoms with van der Waals surface area (Å²) in [5, 5.41) is 0. The highest BCUT2D eigenvalue weighted by atomic mass is 14.8. The molecule has 1 rings (SSSR count). The van der Waals surface area contributed by atoms with E-state index in [1.807, 2.05) is 6.07 Å². The Labute approximate surface area is 85.9 Å². The van der Waals surface area contributed by atoms with Gasteiger partial charge in [0.15, 0.2) is 0 Å². The number of hydrogen-bond acceptors (Lipinski definition) is 1. The Balaban J connectivity index is 3.13. The quantitative estimate of drug-likeness (QED) is 0.536. The fourth-order valence-electron chi connectivity index (χ4n) is 1.35. The maximum Gasteiger partial charge on any atom is 0.0860 e. The van der Waals surface area contributed by atoms with E-state index in [4.69, 9.17) is 5.73 Å². The summed E-state index contributed by atoms with van der Waals surface area (Å²) >= 11 is 0. The molecule has 0 radical (unpaired) electrons. The van der Waals surface area contributed by atoms with E-state index in [1.165, 1.54) is 17.5 Å². The average molecular weight is 190 g/mol. The van der Waals surface area contributed by atoms with Crippen molar-refractivity contribution in [1.29, 1.82) is 0 Å². The zero-order valence-corrected chi connectivity index (χ0v) is 9.33. The van der Waals surface area contributed by atoms with E-state index in [2.05, 4.69) is 44.8 Å². The highest BCUT2D eigenvalue weighted by Crippen LogP contribution is 2.27. The zero-order chi connectivity index (χ0) is 10.8. The second-order valence-electron chi connectivity index (χ2n) is 4.53. The molecule has 1 aromatic rings. The summed E-state index contributed by atoms with van der Waals surface area (Å²) in [6.07, 6.45) is 1.33. The van der Waals surface area contributed by atoms with Crippen molar-refractivity contribution < 1.29 is 0 Å². The minimum Gasteiger partial charge on any atom is -0.390 e. The second kappa shape index (κ2) is 3.82. The van der Waals surface area contributed by atoms with Gasteiger partial charge in [-0.15, -0.1) is 0 Å². The number of hydrogen-bond donors (Lipinski definition) is 1. The predicted octanol–water partition coefficient (Wildman–Crippen LogP) is 2.91. The maximum absolute atomic E-state index is 5.26. The molecule has 0 saturated heterocycles. The zero-order valence-electron chi connectivity index (χ0n) is 9.33. The van der Waals surface area contributed by atoms with Gasteiger partial charge in [-0.25, -0.2) is 4.99 Å². The summed E-state index contributed by atoms with van der Waals surface area (Å²) < 4.78 is 0. The van der Waals surface area contributed by atoms with Gasteiger partial charge in [0, 0.05) is 0 Å². The SMILES string of the molecule is Cc1cc(C(C)(C)C)ccc1N=CN. The summed E-state index contributed by atoms with van der Waals surface area (Å²) in [7, 11) is 0. The molecule has 1 aromatic carbocycles. The lowest BCUT2D eigenvalue weighted by molar-refractivity contribution is 0.590. The van der Waals surface area contributed by atoms with Crippen molar-refractivity contribution in [2.24, 2.45) is 10.7 Å². The molecule has 0 aromatic heterocycles. The molecule has 0 atom stereocenters. The smallest absolute Gasteiger partial charge is 0.0860 e. The van der Waals surface area contributed by atoms with Gasteiger partial charge in [-0.3, -0.25) is 0 Å². The van der Waals surface area contributed by atoms with E-state index in [-0.39, 0.29) is 5.41 Å². The number of rotatable bonds is 1. The molecule has 0 heterocycles. The molecule has 0 amide bonds. The fraction of sp³-hybridized carbons (Fsp3) is 0.417. The number of nitrogens with zero attached hydrogens (tertiary/aromatic N) is 1. The van der Waals surface area contributed by atoms with Gasteiger partial charge in [0.25, 0.3) is 0 Å². The molecule has 0 bridgehead atoms. The van der Waals surface area contributed by atoms with Crippen LogP contribution in [-0.4, -0.2) is 6.34 Å². The van der Waals surface area contributed by atoms with Crippen LogP contribution in [0, 0.1) is 6.92 Å². The highest BCUT2D eigenvalue weighted by molar-refractivity contribution is 5.61. The first-order valence-electron chi connectivity index (χ1n) is 4.80. The Bertz CT molecular complexity index is 346. The molecule has 2 nitrogen and oxygen atoms in total. The van der Waals surface area contributed by atoms with Crippen molar-refractivity contribution >= 4 is 12.0 Å². The van der Waals surface area contributed by atoms with E-state index >= 15 is 0 Å². The van der Waals surface area contributed by atoms with Crippen LogP contribution in [0.4, 0.5) is 5.69 Å². The van der Waals surface area contributed by atoms with Gasteiger partial charge in [-0.2, -0.15) is 0 Å². The molecule has 76 valence electrons. The molecule has 0 saturated carbocycles. The minimum absolute atomic E-state index is 0.190. The highest BCUT2D eigenvalue weighted by Gasteiger charge is 2.13. The third kappa shape index (κ3) is 2.34. The summed E-state index contributed by atoms with van der Waals surface area (Å²) in [4.78, 5) is 4.08. The fourth-order valence-corrected chi connectivity index (χ4v) is 1.35. The molecule has 14 heavy (non-hydrogen) atoms. The first-order chi connectivity index (χ1) is 6.45. The molecular weight excluding hydrogens is 172 g/mol. The summed E-state index contributed by atoms with van der Waals surface area (Å²) in [6, 6.07) is 6.29. The third-order valence-electron chi connectivity index (χ3n) is 2.28. The van der Waals surface area contributed by atoms with E-state index in [0.29, 0.717) is 0 Å². The summed E-state index contributed by atoms with van der Waals surface area (Å²) in [6.45, 7) is 8.66. The van der Waals surface area contributed by atoms with Crippen LogP contribution in [0.5, 0.6) is 0 Å². The number of aliphatic imine (C=N–C) groups is 1. The van der Waals surface area contributed by atoms with Crippen molar-refractivity contribution in [3.63, 3.8) is 0 Å². The maximum atomic E-state index is 5.26. The van der Waals surface area contributed by atoms with Gasteiger partial charge >= 0.3 is 0 Å². The van der Waals surface area contributed by atoms with Gasteiger partial charge in [0.2, 0.25) is 0 Å². The molecule has 2 heteroatoms. The van der Waals surface area contributed by atoms with E-state index in [0.717, 1.165) is 5.69 Å². The molecule has 2 N–H and O–H groups in total. The Kier molecular flexibility index (Phi) is 2.94. The van der Waals surface area contributed by atoms with Crippen LogP contribution in [0.15, 0.2) is 23.2 Å². The average Bonchev–Trinajstić information content (AvgIpc) is 2.07. The summed E-state index contributed by atoms with van der Waals surface area (Å²) in [5.41, 5.74) is 8.89.